The van der Waals surface area contributed by atoms with Gasteiger partial charge in [-0.15, -0.1) is 0 Å². The molecule has 0 aliphatic heterocycles. The number of hydrogen-bond donors (Lipinski definition) is 3. The van der Waals surface area contributed by atoms with Crippen molar-refractivity contribution in [2.24, 2.45) is 5.14 Å². The van der Waals surface area contributed by atoms with E-state index in [0.29, 0.717) is 11.6 Å². The van der Waals surface area contributed by atoms with Crippen LogP contribution in [0.2, 0.25) is 5.02 Å². The third kappa shape index (κ3) is 5.55. The summed E-state index contributed by atoms with van der Waals surface area (Å²) >= 11 is 5.78. The summed E-state index contributed by atoms with van der Waals surface area (Å²) in [6, 6.07) is 13.0. The first-order valence-corrected chi connectivity index (χ1v) is 8.65. The predicted octanol–water partition coefficient (Wildman–Crippen LogP) is 1.72. The SMILES string of the molecule is NS(=O)(=O)c1ccc(CNC(=O)CNc2ccc(Cl)cc2)cc1. The molecule has 1 amide bonds. The van der Waals surface area contributed by atoms with Gasteiger partial charge in [-0.3, -0.25) is 4.79 Å². The van der Waals surface area contributed by atoms with Crippen LogP contribution in [-0.4, -0.2) is 20.9 Å². The molecule has 0 heterocycles. The van der Waals surface area contributed by atoms with Gasteiger partial charge in [0, 0.05) is 17.3 Å². The van der Waals surface area contributed by atoms with Crippen molar-refractivity contribution in [3.05, 3.63) is 59.1 Å². The highest BCUT2D eigenvalue weighted by Crippen LogP contribution is 2.13. The molecule has 6 nitrogen and oxygen atoms in total. The Bertz CT molecular complexity index is 775. The molecule has 2 aromatic rings. The molecule has 0 aromatic heterocycles. The van der Waals surface area contributed by atoms with Gasteiger partial charge >= 0.3 is 0 Å². The summed E-state index contributed by atoms with van der Waals surface area (Å²) in [5.41, 5.74) is 1.57. The molecule has 2 aromatic carbocycles. The molecule has 2 rings (SSSR count). The fourth-order valence-corrected chi connectivity index (χ4v) is 2.45. The van der Waals surface area contributed by atoms with Crippen molar-refractivity contribution in [1.29, 1.82) is 0 Å². The Morgan fingerprint density at radius 2 is 1.65 bits per heavy atom. The Morgan fingerprint density at radius 3 is 2.22 bits per heavy atom. The Hall–Kier alpha value is -2.09. The number of rotatable bonds is 6. The zero-order valence-corrected chi connectivity index (χ0v) is 13.7. The van der Waals surface area contributed by atoms with Crippen LogP contribution in [0.4, 0.5) is 5.69 Å². The summed E-state index contributed by atoms with van der Waals surface area (Å²) in [6.45, 7) is 0.420. The van der Waals surface area contributed by atoms with E-state index in [0.717, 1.165) is 11.3 Å². The van der Waals surface area contributed by atoms with Crippen LogP contribution in [0.25, 0.3) is 0 Å². The van der Waals surface area contributed by atoms with Crippen molar-refractivity contribution in [3.63, 3.8) is 0 Å². The smallest absolute Gasteiger partial charge is 0.239 e. The van der Waals surface area contributed by atoms with Crippen LogP contribution in [0.1, 0.15) is 5.56 Å². The lowest BCUT2D eigenvalue weighted by Gasteiger charge is -2.08. The number of anilines is 1. The third-order valence-electron chi connectivity index (χ3n) is 3.04. The molecule has 0 fully saturated rings. The second-order valence-electron chi connectivity index (χ2n) is 4.83. The standard InChI is InChI=1S/C15H16ClN3O3S/c16-12-3-5-13(6-4-12)18-10-15(20)19-9-11-1-7-14(8-2-11)23(17,21)22/h1-8,18H,9-10H2,(H,19,20)(H2,17,21,22). The van der Waals surface area contributed by atoms with Gasteiger partial charge in [-0.25, -0.2) is 13.6 Å². The molecule has 0 aliphatic rings. The third-order valence-corrected chi connectivity index (χ3v) is 4.22. The highest BCUT2D eigenvalue weighted by molar-refractivity contribution is 7.89. The van der Waals surface area contributed by atoms with Crippen molar-refractivity contribution in [3.8, 4) is 0 Å². The largest absolute Gasteiger partial charge is 0.376 e. The highest BCUT2D eigenvalue weighted by Gasteiger charge is 2.07. The van der Waals surface area contributed by atoms with Gasteiger partial charge in [0.15, 0.2) is 0 Å². The van der Waals surface area contributed by atoms with E-state index >= 15 is 0 Å². The fraction of sp³-hybridized carbons (Fsp3) is 0.133. The lowest BCUT2D eigenvalue weighted by molar-refractivity contribution is -0.119. The van der Waals surface area contributed by atoms with E-state index in [1.165, 1.54) is 12.1 Å². The number of hydrogen-bond acceptors (Lipinski definition) is 4. The molecule has 0 saturated carbocycles. The van der Waals surface area contributed by atoms with Crippen LogP contribution in [0.15, 0.2) is 53.4 Å². The van der Waals surface area contributed by atoms with Gasteiger partial charge in [0.2, 0.25) is 15.9 Å². The zero-order chi connectivity index (χ0) is 16.9. The van der Waals surface area contributed by atoms with Gasteiger partial charge in [-0.1, -0.05) is 23.7 Å². The fourth-order valence-electron chi connectivity index (χ4n) is 1.81. The second-order valence-corrected chi connectivity index (χ2v) is 6.82. The normalized spacial score (nSPS) is 11.0. The molecule has 0 bridgehead atoms. The molecule has 0 unspecified atom stereocenters. The molecule has 4 N–H and O–H groups in total. The quantitative estimate of drug-likeness (QED) is 0.735. The number of carbonyl (C=O) groups is 1. The van der Waals surface area contributed by atoms with Crippen molar-refractivity contribution in [2.45, 2.75) is 11.4 Å². The monoisotopic (exact) mass is 353 g/mol. The summed E-state index contributed by atoms with van der Waals surface area (Å²) in [4.78, 5) is 11.8. The number of halogens is 1. The molecular weight excluding hydrogens is 338 g/mol. The van der Waals surface area contributed by atoms with Gasteiger partial charge in [0.1, 0.15) is 0 Å². The minimum atomic E-state index is -3.70. The maximum Gasteiger partial charge on any atom is 0.239 e. The van der Waals surface area contributed by atoms with E-state index in [4.69, 9.17) is 16.7 Å². The van der Waals surface area contributed by atoms with E-state index in [2.05, 4.69) is 10.6 Å². The van der Waals surface area contributed by atoms with Gasteiger partial charge in [-0.05, 0) is 42.0 Å². The average molecular weight is 354 g/mol. The van der Waals surface area contributed by atoms with Crippen LogP contribution in [0.3, 0.4) is 0 Å². The lowest BCUT2D eigenvalue weighted by atomic mass is 10.2. The van der Waals surface area contributed by atoms with E-state index in [-0.39, 0.29) is 17.3 Å². The van der Waals surface area contributed by atoms with E-state index in [1.807, 2.05) is 0 Å². The van der Waals surface area contributed by atoms with Crippen molar-refractivity contribution >= 4 is 33.2 Å². The van der Waals surface area contributed by atoms with E-state index in [9.17, 15) is 13.2 Å². The summed E-state index contributed by atoms with van der Waals surface area (Å²) in [6.07, 6.45) is 0. The molecular formula is C15H16ClN3O3S. The number of carbonyl (C=O) groups excluding carboxylic acids is 1. The van der Waals surface area contributed by atoms with E-state index in [1.54, 1.807) is 36.4 Å². The number of sulfonamides is 1. The van der Waals surface area contributed by atoms with Gasteiger partial charge < -0.3 is 10.6 Å². The summed E-state index contributed by atoms with van der Waals surface area (Å²) in [7, 11) is -3.70. The molecule has 0 atom stereocenters. The Labute approximate surface area is 139 Å². The Balaban J connectivity index is 1.81. The van der Waals surface area contributed by atoms with E-state index < -0.39 is 10.0 Å². The van der Waals surface area contributed by atoms with Crippen molar-refractivity contribution < 1.29 is 13.2 Å². The van der Waals surface area contributed by atoms with Crippen LogP contribution in [-0.2, 0) is 21.4 Å². The number of nitrogens with two attached hydrogens (primary N) is 1. The first kappa shape index (κ1) is 17.3. The van der Waals surface area contributed by atoms with Crippen LogP contribution in [0, 0.1) is 0 Å². The average Bonchev–Trinajstić information content (AvgIpc) is 2.52. The first-order valence-electron chi connectivity index (χ1n) is 6.72. The minimum absolute atomic E-state index is 0.0389. The first-order chi connectivity index (χ1) is 10.8. The van der Waals surface area contributed by atoms with Crippen molar-refractivity contribution in [1.82, 2.24) is 5.32 Å². The predicted molar refractivity (Wildman–Crippen MR) is 89.6 cm³/mol. The summed E-state index contributed by atoms with van der Waals surface area (Å²) < 4.78 is 22.3. The van der Waals surface area contributed by atoms with Gasteiger partial charge in [-0.2, -0.15) is 0 Å². The van der Waals surface area contributed by atoms with Gasteiger partial charge in [0.05, 0.1) is 11.4 Å². The molecule has 23 heavy (non-hydrogen) atoms. The topological polar surface area (TPSA) is 101 Å². The Kier molecular flexibility index (Phi) is 5.59. The Morgan fingerprint density at radius 1 is 1.04 bits per heavy atom. The number of amides is 1. The zero-order valence-electron chi connectivity index (χ0n) is 12.1. The number of benzene rings is 2. The molecule has 0 saturated heterocycles. The molecule has 8 heteroatoms. The van der Waals surface area contributed by atoms with Crippen LogP contribution < -0.4 is 15.8 Å². The summed E-state index contributed by atoms with van der Waals surface area (Å²) in [5.74, 6) is -0.185. The molecule has 0 spiro atoms. The number of nitrogens with one attached hydrogen (secondary N) is 2. The molecule has 0 radical (unpaired) electrons. The maximum absolute atomic E-state index is 11.8. The maximum atomic E-state index is 11.8. The highest BCUT2D eigenvalue weighted by atomic mass is 35.5. The second kappa shape index (κ2) is 7.45. The number of primary sulfonamides is 1. The summed E-state index contributed by atoms with van der Waals surface area (Å²) in [5, 5.41) is 11.3. The van der Waals surface area contributed by atoms with Crippen LogP contribution in [0.5, 0.6) is 0 Å². The van der Waals surface area contributed by atoms with Crippen molar-refractivity contribution in [2.75, 3.05) is 11.9 Å². The lowest BCUT2D eigenvalue weighted by Crippen LogP contribution is -2.29. The van der Waals surface area contributed by atoms with Gasteiger partial charge in [0.25, 0.3) is 0 Å². The molecule has 122 valence electrons. The minimum Gasteiger partial charge on any atom is -0.376 e. The molecule has 0 aliphatic carbocycles. The van der Waals surface area contributed by atoms with Crippen LogP contribution >= 0.6 is 11.6 Å².